The Morgan fingerprint density at radius 3 is 2.75 bits per heavy atom. The summed E-state index contributed by atoms with van der Waals surface area (Å²) in [6.07, 6.45) is 3.29. The van der Waals surface area contributed by atoms with Crippen molar-refractivity contribution in [1.82, 2.24) is 4.57 Å². The molecule has 3 rings (SSSR count). The summed E-state index contributed by atoms with van der Waals surface area (Å²) >= 11 is 0. The minimum atomic E-state index is -0.881. The van der Waals surface area contributed by atoms with Crippen molar-refractivity contribution in [3.05, 3.63) is 45.5 Å². The summed E-state index contributed by atoms with van der Waals surface area (Å²) < 4.78 is 19.7. The molecule has 4 nitrogen and oxygen atoms in total. The molecule has 100 valence electrons. The average molecular weight is 271 g/mol. The molecule has 1 heterocycles. The minimum Gasteiger partial charge on any atom is -0.540 e. The average Bonchev–Trinajstić information content (AvgIpc) is 3.27. The normalized spacial score (nSPS) is 14.5. The molecular formula is C14H11BFNO3. The Kier molecular flexibility index (Phi) is 2.89. The van der Waals surface area contributed by atoms with E-state index in [0.29, 0.717) is 16.5 Å². The summed E-state index contributed by atoms with van der Waals surface area (Å²) in [7, 11) is 4.86. The van der Waals surface area contributed by atoms with Crippen LogP contribution in [0.3, 0.4) is 0 Å². The second-order valence-corrected chi connectivity index (χ2v) is 4.98. The molecule has 2 aromatic rings. The van der Waals surface area contributed by atoms with Crippen molar-refractivity contribution < 1.29 is 13.8 Å². The van der Waals surface area contributed by atoms with E-state index in [1.54, 1.807) is 11.5 Å². The first kappa shape index (κ1) is 12.9. The lowest BCUT2D eigenvalue weighted by atomic mass is 10.1. The van der Waals surface area contributed by atoms with Crippen molar-refractivity contribution in [2.75, 3.05) is 0 Å². The molecule has 1 aromatic heterocycles. The molecule has 0 atom stereocenters. The maximum Gasteiger partial charge on any atom is 0.378 e. The van der Waals surface area contributed by atoms with E-state index >= 15 is 0 Å². The van der Waals surface area contributed by atoms with Crippen molar-refractivity contribution in [3.8, 4) is 0 Å². The van der Waals surface area contributed by atoms with E-state index < -0.39 is 11.4 Å². The first-order valence-corrected chi connectivity index (χ1v) is 6.29. The highest BCUT2D eigenvalue weighted by Crippen LogP contribution is 2.37. The maximum atomic E-state index is 13.7. The molecule has 0 N–H and O–H groups in total. The number of benzene rings is 1. The van der Waals surface area contributed by atoms with E-state index in [1.807, 2.05) is 0 Å². The van der Waals surface area contributed by atoms with Crippen LogP contribution in [-0.2, 0) is 4.65 Å². The first-order valence-electron chi connectivity index (χ1n) is 6.29. The van der Waals surface area contributed by atoms with Gasteiger partial charge in [0, 0.05) is 23.2 Å². The standard InChI is InChI=1S/C14H11BFNO3/c1-7-11(16)5-4-9-12(7)17(8-2-3-8)6-10(13(9)18)14(19)20-15/h4-6,8H,2-3H2,1H3. The Balaban J connectivity index is 2.43. The van der Waals surface area contributed by atoms with Crippen molar-refractivity contribution in [1.29, 1.82) is 0 Å². The van der Waals surface area contributed by atoms with Crippen LogP contribution in [0.15, 0.2) is 23.1 Å². The Morgan fingerprint density at radius 1 is 1.45 bits per heavy atom. The monoisotopic (exact) mass is 271 g/mol. The highest BCUT2D eigenvalue weighted by Gasteiger charge is 2.28. The third-order valence-corrected chi connectivity index (χ3v) is 3.65. The van der Waals surface area contributed by atoms with Gasteiger partial charge in [0.1, 0.15) is 11.4 Å². The van der Waals surface area contributed by atoms with Crippen LogP contribution in [0.2, 0.25) is 0 Å². The molecule has 20 heavy (non-hydrogen) atoms. The van der Waals surface area contributed by atoms with Crippen LogP contribution < -0.4 is 5.43 Å². The van der Waals surface area contributed by atoms with Gasteiger partial charge in [0.15, 0.2) is 0 Å². The van der Waals surface area contributed by atoms with Gasteiger partial charge in [-0.15, -0.1) is 0 Å². The van der Waals surface area contributed by atoms with E-state index in [2.05, 4.69) is 4.65 Å². The Hall–Kier alpha value is -2.11. The number of rotatable bonds is 2. The second kappa shape index (κ2) is 4.47. The molecule has 0 spiro atoms. The number of halogens is 1. The van der Waals surface area contributed by atoms with Gasteiger partial charge >= 0.3 is 14.0 Å². The molecule has 2 radical (unpaired) electrons. The smallest absolute Gasteiger partial charge is 0.378 e. The molecule has 0 bridgehead atoms. The fourth-order valence-corrected chi connectivity index (χ4v) is 2.45. The molecule has 0 saturated heterocycles. The minimum absolute atomic E-state index is 0.127. The summed E-state index contributed by atoms with van der Waals surface area (Å²) in [6.45, 7) is 1.62. The Bertz CT molecular complexity index is 780. The predicted octanol–water partition coefficient (Wildman–Crippen LogP) is 2.02. The Morgan fingerprint density at radius 2 is 2.15 bits per heavy atom. The van der Waals surface area contributed by atoms with E-state index in [4.69, 9.17) is 8.05 Å². The van der Waals surface area contributed by atoms with Gasteiger partial charge in [-0.25, -0.2) is 9.18 Å². The summed E-state index contributed by atoms with van der Waals surface area (Å²) in [5, 5.41) is 0.304. The summed E-state index contributed by atoms with van der Waals surface area (Å²) in [5.41, 5.74) is 0.318. The predicted molar refractivity (Wildman–Crippen MR) is 72.3 cm³/mol. The van der Waals surface area contributed by atoms with E-state index in [0.717, 1.165) is 12.8 Å². The zero-order valence-corrected chi connectivity index (χ0v) is 10.9. The molecular weight excluding hydrogens is 260 g/mol. The fraction of sp³-hybridized carbons (Fsp3) is 0.286. The number of aromatic nitrogens is 1. The third-order valence-electron chi connectivity index (χ3n) is 3.65. The zero-order valence-electron chi connectivity index (χ0n) is 10.9. The van der Waals surface area contributed by atoms with E-state index in [1.165, 1.54) is 18.3 Å². The number of hydrogen-bond acceptors (Lipinski definition) is 3. The molecule has 0 aliphatic heterocycles. The number of carbonyl (C=O) groups is 1. The van der Waals surface area contributed by atoms with Gasteiger partial charge in [-0.05, 0) is 31.9 Å². The SMILES string of the molecule is [B]OC(=O)c1cn(C2CC2)c2c(C)c(F)ccc2c1=O. The van der Waals surface area contributed by atoms with E-state index in [-0.39, 0.29) is 17.4 Å². The van der Waals surface area contributed by atoms with Crippen LogP contribution in [0.25, 0.3) is 10.9 Å². The number of carbonyl (C=O) groups excluding carboxylic acids is 1. The lowest BCUT2D eigenvalue weighted by Crippen LogP contribution is -2.20. The van der Waals surface area contributed by atoms with Gasteiger partial charge in [-0.2, -0.15) is 0 Å². The topological polar surface area (TPSA) is 48.3 Å². The van der Waals surface area contributed by atoms with Gasteiger partial charge in [0.2, 0.25) is 5.43 Å². The number of fused-ring (bicyclic) bond motifs is 1. The van der Waals surface area contributed by atoms with Crippen molar-refractivity contribution in [2.45, 2.75) is 25.8 Å². The van der Waals surface area contributed by atoms with Gasteiger partial charge in [-0.1, -0.05) is 0 Å². The highest BCUT2D eigenvalue weighted by atomic mass is 19.1. The number of nitrogens with zero attached hydrogens (tertiary/aromatic N) is 1. The number of aryl methyl sites for hydroxylation is 1. The zero-order chi connectivity index (χ0) is 14.4. The summed E-state index contributed by atoms with van der Waals surface area (Å²) in [4.78, 5) is 23.9. The molecule has 1 aliphatic carbocycles. The van der Waals surface area contributed by atoms with E-state index in [9.17, 15) is 14.0 Å². The van der Waals surface area contributed by atoms with Crippen LogP contribution in [0.4, 0.5) is 4.39 Å². The quantitative estimate of drug-likeness (QED) is 0.785. The summed E-state index contributed by atoms with van der Waals surface area (Å²) in [5.74, 6) is -1.26. The third kappa shape index (κ3) is 1.83. The van der Waals surface area contributed by atoms with Gasteiger partial charge in [0.25, 0.3) is 0 Å². The molecule has 0 amide bonds. The number of pyridine rings is 1. The Labute approximate surface area is 115 Å². The van der Waals surface area contributed by atoms with Crippen LogP contribution in [-0.4, -0.2) is 18.6 Å². The second-order valence-electron chi connectivity index (χ2n) is 4.98. The van der Waals surface area contributed by atoms with Crippen LogP contribution in [0, 0.1) is 12.7 Å². The fourth-order valence-electron chi connectivity index (χ4n) is 2.45. The van der Waals surface area contributed by atoms with Crippen LogP contribution >= 0.6 is 0 Å². The van der Waals surface area contributed by atoms with Gasteiger partial charge < -0.3 is 9.22 Å². The van der Waals surface area contributed by atoms with Crippen molar-refractivity contribution >= 4 is 24.9 Å². The molecule has 6 heteroatoms. The molecule has 1 fully saturated rings. The highest BCUT2D eigenvalue weighted by molar-refractivity contribution is 6.10. The largest absolute Gasteiger partial charge is 0.540 e. The lowest BCUT2D eigenvalue weighted by molar-refractivity contribution is 0.0747. The van der Waals surface area contributed by atoms with Crippen molar-refractivity contribution in [2.24, 2.45) is 0 Å². The molecule has 1 aromatic carbocycles. The molecule has 1 aliphatic rings. The summed E-state index contributed by atoms with van der Waals surface area (Å²) in [6, 6.07) is 2.81. The molecule has 0 unspecified atom stereocenters. The lowest BCUT2D eigenvalue weighted by Gasteiger charge is -2.14. The number of hydrogen-bond donors (Lipinski definition) is 0. The van der Waals surface area contributed by atoms with Gasteiger partial charge in [-0.3, -0.25) is 4.79 Å². The maximum absolute atomic E-state index is 13.7. The first-order chi connectivity index (χ1) is 9.54. The van der Waals surface area contributed by atoms with Crippen LogP contribution in [0.1, 0.15) is 34.8 Å². The van der Waals surface area contributed by atoms with Crippen LogP contribution in [0.5, 0.6) is 0 Å². The van der Waals surface area contributed by atoms with Gasteiger partial charge in [0.05, 0.1) is 5.52 Å². The molecule has 1 saturated carbocycles. The van der Waals surface area contributed by atoms with Crippen molar-refractivity contribution in [3.63, 3.8) is 0 Å².